The molecule has 0 N–H and O–H groups in total. The van der Waals surface area contributed by atoms with Crippen molar-refractivity contribution in [1.29, 1.82) is 0 Å². The zero-order valence-electron chi connectivity index (χ0n) is 10.4. The molecule has 1 aliphatic rings. The van der Waals surface area contributed by atoms with E-state index in [0.717, 1.165) is 25.2 Å². The van der Waals surface area contributed by atoms with Gasteiger partial charge in [0.25, 0.3) is 0 Å². The summed E-state index contributed by atoms with van der Waals surface area (Å²) in [5.74, 6) is 0.974. The second-order valence-electron chi connectivity index (χ2n) is 4.45. The van der Waals surface area contributed by atoms with Gasteiger partial charge in [-0.2, -0.15) is 0 Å². The van der Waals surface area contributed by atoms with Gasteiger partial charge in [-0.3, -0.25) is 4.90 Å². The van der Waals surface area contributed by atoms with Crippen LogP contribution in [0.3, 0.4) is 0 Å². The predicted octanol–water partition coefficient (Wildman–Crippen LogP) is 2.20. The standard InChI is InChI=1S/C13H21N3/c1-3-12-11(9-14-13(4-2)15-12)10-16-7-5-6-8-16/h9H,3-8,10H2,1-2H3. The Morgan fingerprint density at radius 1 is 1.19 bits per heavy atom. The number of rotatable bonds is 4. The second kappa shape index (κ2) is 5.39. The Morgan fingerprint density at radius 3 is 2.56 bits per heavy atom. The Hall–Kier alpha value is -0.960. The third-order valence-corrected chi connectivity index (χ3v) is 3.25. The van der Waals surface area contributed by atoms with Crippen molar-refractivity contribution in [2.75, 3.05) is 13.1 Å². The fourth-order valence-corrected chi connectivity index (χ4v) is 2.27. The van der Waals surface area contributed by atoms with Gasteiger partial charge in [-0.15, -0.1) is 0 Å². The van der Waals surface area contributed by atoms with Crippen LogP contribution >= 0.6 is 0 Å². The predicted molar refractivity (Wildman–Crippen MR) is 65.3 cm³/mol. The number of hydrogen-bond donors (Lipinski definition) is 0. The van der Waals surface area contributed by atoms with Crippen LogP contribution in [0, 0.1) is 0 Å². The highest BCUT2D eigenvalue weighted by Gasteiger charge is 2.14. The molecule has 1 aromatic rings. The third kappa shape index (κ3) is 2.59. The second-order valence-corrected chi connectivity index (χ2v) is 4.45. The van der Waals surface area contributed by atoms with Gasteiger partial charge in [-0.05, 0) is 32.4 Å². The van der Waals surface area contributed by atoms with Crippen molar-refractivity contribution in [3.05, 3.63) is 23.3 Å². The summed E-state index contributed by atoms with van der Waals surface area (Å²) < 4.78 is 0. The maximum atomic E-state index is 4.61. The molecule has 88 valence electrons. The minimum absolute atomic E-state index is 0.928. The summed E-state index contributed by atoms with van der Waals surface area (Å²) in [5, 5.41) is 0. The van der Waals surface area contributed by atoms with Gasteiger partial charge >= 0.3 is 0 Å². The topological polar surface area (TPSA) is 29.0 Å². The molecule has 0 spiro atoms. The van der Waals surface area contributed by atoms with Crippen LogP contribution in [0.4, 0.5) is 0 Å². The highest BCUT2D eigenvalue weighted by Crippen LogP contribution is 2.15. The van der Waals surface area contributed by atoms with Crippen LogP contribution in [0.2, 0.25) is 0 Å². The largest absolute Gasteiger partial charge is 0.299 e. The molecule has 0 saturated carbocycles. The molecule has 0 bridgehead atoms. The third-order valence-electron chi connectivity index (χ3n) is 3.25. The maximum absolute atomic E-state index is 4.61. The van der Waals surface area contributed by atoms with Crippen molar-refractivity contribution >= 4 is 0 Å². The Bertz CT molecular complexity index is 343. The normalized spacial score (nSPS) is 16.9. The molecule has 0 radical (unpaired) electrons. The molecule has 0 unspecified atom stereocenters. The molecular weight excluding hydrogens is 198 g/mol. The van der Waals surface area contributed by atoms with Crippen molar-refractivity contribution < 1.29 is 0 Å². The highest BCUT2D eigenvalue weighted by molar-refractivity contribution is 5.18. The van der Waals surface area contributed by atoms with Crippen LogP contribution in [0.1, 0.15) is 43.8 Å². The lowest BCUT2D eigenvalue weighted by molar-refractivity contribution is 0.329. The lowest BCUT2D eigenvalue weighted by atomic mass is 10.1. The van der Waals surface area contributed by atoms with E-state index < -0.39 is 0 Å². The molecule has 3 nitrogen and oxygen atoms in total. The molecule has 0 amide bonds. The molecule has 3 heteroatoms. The van der Waals surface area contributed by atoms with Gasteiger partial charge in [-0.25, -0.2) is 9.97 Å². The van der Waals surface area contributed by atoms with Crippen LogP contribution in [0.25, 0.3) is 0 Å². The van der Waals surface area contributed by atoms with E-state index in [1.54, 1.807) is 0 Å². The smallest absolute Gasteiger partial charge is 0.128 e. The van der Waals surface area contributed by atoms with E-state index in [-0.39, 0.29) is 0 Å². The van der Waals surface area contributed by atoms with Crippen molar-refractivity contribution in [3.8, 4) is 0 Å². The van der Waals surface area contributed by atoms with Crippen molar-refractivity contribution in [2.45, 2.75) is 46.1 Å². The molecule has 0 atom stereocenters. The zero-order chi connectivity index (χ0) is 11.4. The number of nitrogens with zero attached hydrogens (tertiary/aromatic N) is 3. The maximum Gasteiger partial charge on any atom is 0.128 e. The van der Waals surface area contributed by atoms with Crippen molar-refractivity contribution in [1.82, 2.24) is 14.9 Å². The van der Waals surface area contributed by atoms with Gasteiger partial charge in [0.15, 0.2) is 0 Å². The Labute approximate surface area is 97.9 Å². The molecule has 2 heterocycles. The van der Waals surface area contributed by atoms with Crippen molar-refractivity contribution in [2.24, 2.45) is 0 Å². The fraction of sp³-hybridized carbons (Fsp3) is 0.692. The number of hydrogen-bond acceptors (Lipinski definition) is 3. The lowest BCUT2D eigenvalue weighted by Gasteiger charge is -2.16. The molecule has 0 aromatic carbocycles. The van der Waals surface area contributed by atoms with Gasteiger partial charge in [0.2, 0.25) is 0 Å². The van der Waals surface area contributed by atoms with Crippen LogP contribution in [-0.2, 0) is 19.4 Å². The molecular formula is C13H21N3. The van der Waals surface area contributed by atoms with E-state index in [9.17, 15) is 0 Å². The fourth-order valence-electron chi connectivity index (χ4n) is 2.27. The van der Waals surface area contributed by atoms with E-state index in [2.05, 4.69) is 28.7 Å². The summed E-state index contributed by atoms with van der Waals surface area (Å²) in [7, 11) is 0. The molecule has 2 rings (SSSR count). The summed E-state index contributed by atoms with van der Waals surface area (Å²) in [6, 6.07) is 0. The zero-order valence-corrected chi connectivity index (χ0v) is 10.4. The first-order valence-electron chi connectivity index (χ1n) is 6.39. The highest BCUT2D eigenvalue weighted by atomic mass is 15.1. The van der Waals surface area contributed by atoms with Gasteiger partial charge in [0.05, 0.1) is 0 Å². The van der Waals surface area contributed by atoms with Crippen LogP contribution < -0.4 is 0 Å². The monoisotopic (exact) mass is 219 g/mol. The first kappa shape index (κ1) is 11.5. The van der Waals surface area contributed by atoms with Gasteiger partial charge in [-0.1, -0.05) is 13.8 Å². The first-order chi connectivity index (χ1) is 7.83. The van der Waals surface area contributed by atoms with E-state index >= 15 is 0 Å². The summed E-state index contributed by atoms with van der Waals surface area (Å²) in [6.45, 7) is 7.79. The average Bonchev–Trinajstić information content (AvgIpc) is 2.82. The van der Waals surface area contributed by atoms with E-state index in [1.807, 2.05) is 6.20 Å². The summed E-state index contributed by atoms with van der Waals surface area (Å²) >= 11 is 0. The van der Waals surface area contributed by atoms with Gasteiger partial charge in [0, 0.05) is 30.4 Å². The summed E-state index contributed by atoms with van der Waals surface area (Å²) in [4.78, 5) is 11.5. The molecule has 16 heavy (non-hydrogen) atoms. The minimum Gasteiger partial charge on any atom is -0.299 e. The summed E-state index contributed by atoms with van der Waals surface area (Å²) in [6.07, 6.45) is 6.66. The Kier molecular flexibility index (Phi) is 3.88. The summed E-state index contributed by atoms with van der Waals surface area (Å²) in [5.41, 5.74) is 2.56. The number of aromatic nitrogens is 2. The van der Waals surface area contributed by atoms with E-state index in [4.69, 9.17) is 0 Å². The number of aryl methyl sites for hydroxylation is 2. The van der Waals surface area contributed by atoms with Crippen LogP contribution in [0.5, 0.6) is 0 Å². The van der Waals surface area contributed by atoms with Crippen molar-refractivity contribution in [3.63, 3.8) is 0 Å². The van der Waals surface area contributed by atoms with Crippen LogP contribution in [-0.4, -0.2) is 28.0 Å². The quantitative estimate of drug-likeness (QED) is 0.777. The van der Waals surface area contributed by atoms with Crippen LogP contribution in [0.15, 0.2) is 6.20 Å². The number of likely N-dealkylation sites (tertiary alicyclic amines) is 1. The van der Waals surface area contributed by atoms with E-state index in [1.165, 1.54) is 37.2 Å². The first-order valence-corrected chi connectivity index (χ1v) is 6.39. The Morgan fingerprint density at radius 2 is 1.94 bits per heavy atom. The molecule has 1 fully saturated rings. The lowest BCUT2D eigenvalue weighted by Crippen LogP contribution is -2.20. The molecule has 1 aliphatic heterocycles. The average molecular weight is 219 g/mol. The Balaban J connectivity index is 2.12. The molecule has 1 aromatic heterocycles. The van der Waals surface area contributed by atoms with Gasteiger partial charge < -0.3 is 0 Å². The van der Waals surface area contributed by atoms with Gasteiger partial charge in [0.1, 0.15) is 5.82 Å². The molecule has 1 saturated heterocycles. The molecule has 0 aliphatic carbocycles. The van der Waals surface area contributed by atoms with E-state index in [0.29, 0.717) is 0 Å². The SMILES string of the molecule is CCc1ncc(CN2CCCC2)c(CC)n1. The minimum atomic E-state index is 0.928.